The van der Waals surface area contributed by atoms with Gasteiger partial charge in [-0.2, -0.15) is 0 Å². The lowest BCUT2D eigenvalue weighted by Crippen LogP contribution is -1.96. The van der Waals surface area contributed by atoms with Gasteiger partial charge in [0.2, 0.25) is 0 Å². The van der Waals surface area contributed by atoms with Crippen LogP contribution in [0.2, 0.25) is 10.0 Å². The van der Waals surface area contributed by atoms with Gasteiger partial charge >= 0.3 is 0 Å². The summed E-state index contributed by atoms with van der Waals surface area (Å²) in [5, 5.41) is 11.5. The molecule has 0 aliphatic heterocycles. The Labute approximate surface area is 130 Å². The Balaban J connectivity index is 2.27. The van der Waals surface area contributed by atoms with Crippen LogP contribution in [0.4, 0.5) is 5.69 Å². The third-order valence-electron chi connectivity index (χ3n) is 2.74. The second-order valence-electron chi connectivity index (χ2n) is 4.14. The van der Waals surface area contributed by atoms with Gasteiger partial charge in [0.1, 0.15) is 0 Å². The summed E-state index contributed by atoms with van der Waals surface area (Å²) in [6, 6.07) is 10.5. The minimum atomic E-state index is -0.550. The van der Waals surface area contributed by atoms with Crippen LogP contribution < -0.4 is 0 Å². The summed E-state index contributed by atoms with van der Waals surface area (Å²) in [5.41, 5.74) is 0.619. The average molecular weight is 322 g/mol. The minimum Gasteiger partial charge on any atom is -0.289 e. The van der Waals surface area contributed by atoms with Gasteiger partial charge in [0.15, 0.2) is 5.78 Å². The maximum atomic E-state index is 12.0. The van der Waals surface area contributed by atoms with Gasteiger partial charge in [0.05, 0.1) is 4.92 Å². The van der Waals surface area contributed by atoms with Crippen molar-refractivity contribution in [3.63, 3.8) is 0 Å². The van der Waals surface area contributed by atoms with E-state index in [0.29, 0.717) is 15.6 Å². The van der Waals surface area contributed by atoms with Gasteiger partial charge in [0, 0.05) is 33.3 Å². The standard InChI is InChI=1S/C15H9Cl2NO3/c16-13-5-2-6-14(17)12(13)7-8-15(19)10-3-1-4-11(9-10)18(20)21/h1-9H/b8-7+. The summed E-state index contributed by atoms with van der Waals surface area (Å²) in [4.78, 5) is 22.2. The smallest absolute Gasteiger partial charge is 0.270 e. The Hall–Kier alpha value is -2.17. The fourth-order valence-electron chi connectivity index (χ4n) is 1.70. The molecule has 0 unspecified atom stereocenters. The molecule has 0 saturated carbocycles. The summed E-state index contributed by atoms with van der Waals surface area (Å²) in [5.74, 6) is -0.366. The highest BCUT2D eigenvalue weighted by Gasteiger charge is 2.10. The molecule has 2 rings (SSSR count). The lowest BCUT2D eigenvalue weighted by Gasteiger charge is -2.01. The molecule has 4 nitrogen and oxygen atoms in total. The van der Waals surface area contributed by atoms with Crippen molar-refractivity contribution in [3.05, 3.63) is 79.8 Å². The number of hydrogen-bond acceptors (Lipinski definition) is 3. The van der Waals surface area contributed by atoms with E-state index in [1.165, 1.54) is 36.4 Å². The summed E-state index contributed by atoms with van der Waals surface area (Å²) < 4.78 is 0. The van der Waals surface area contributed by atoms with Crippen LogP contribution >= 0.6 is 23.2 Å². The van der Waals surface area contributed by atoms with Gasteiger partial charge in [0.25, 0.3) is 5.69 Å². The van der Waals surface area contributed by atoms with Crippen LogP contribution in [0.5, 0.6) is 0 Å². The lowest BCUT2D eigenvalue weighted by atomic mass is 10.1. The van der Waals surface area contributed by atoms with E-state index in [1.807, 2.05) is 0 Å². The van der Waals surface area contributed by atoms with Crippen molar-refractivity contribution in [1.82, 2.24) is 0 Å². The summed E-state index contributed by atoms with van der Waals surface area (Å²) in [6.45, 7) is 0. The zero-order valence-electron chi connectivity index (χ0n) is 10.6. The van der Waals surface area contributed by atoms with Crippen molar-refractivity contribution in [2.24, 2.45) is 0 Å². The molecule has 0 bridgehead atoms. The molecule has 2 aromatic rings. The fourth-order valence-corrected chi connectivity index (χ4v) is 2.22. The van der Waals surface area contributed by atoms with Crippen LogP contribution in [0.25, 0.3) is 6.08 Å². The van der Waals surface area contributed by atoms with Crippen molar-refractivity contribution in [2.45, 2.75) is 0 Å². The Kier molecular flexibility index (Phi) is 4.73. The number of nitro benzene ring substituents is 1. The first-order chi connectivity index (χ1) is 9.99. The molecule has 0 heterocycles. The molecule has 6 heteroatoms. The molecule has 0 aliphatic rings. The molecule has 2 aromatic carbocycles. The number of carbonyl (C=O) groups is 1. The molecule has 0 atom stereocenters. The number of nitro groups is 1. The number of ketones is 1. The molecule has 0 spiro atoms. The van der Waals surface area contributed by atoms with E-state index in [4.69, 9.17) is 23.2 Å². The fraction of sp³-hybridized carbons (Fsp3) is 0. The predicted octanol–water partition coefficient (Wildman–Crippen LogP) is 4.80. The quantitative estimate of drug-likeness (QED) is 0.352. The zero-order chi connectivity index (χ0) is 15.4. The number of carbonyl (C=O) groups excluding carboxylic acids is 1. The lowest BCUT2D eigenvalue weighted by molar-refractivity contribution is -0.384. The normalized spacial score (nSPS) is 10.8. The number of allylic oxidation sites excluding steroid dienone is 1. The van der Waals surface area contributed by atoms with Crippen LogP contribution in [0, 0.1) is 10.1 Å². The largest absolute Gasteiger partial charge is 0.289 e. The van der Waals surface area contributed by atoms with Gasteiger partial charge in [-0.05, 0) is 24.3 Å². The van der Waals surface area contributed by atoms with Crippen molar-refractivity contribution in [1.29, 1.82) is 0 Å². The molecular weight excluding hydrogens is 313 g/mol. The van der Waals surface area contributed by atoms with Crippen LogP contribution in [-0.2, 0) is 0 Å². The Morgan fingerprint density at radius 3 is 2.33 bits per heavy atom. The molecule has 106 valence electrons. The van der Waals surface area contributed by atoms with Crippen molar-refractivity contribution in [2.75, 3.05) is 0 Å². The van der Waals surface area contributed by atoms with Gasteiger partial charge in [-0.1, -0.05) is 41.4 Å². The highest BCUT2D eigenvalue weighted by atomic mass is 35.5. The molecular formula is C15H9Cl2NO3. The van der Waals surface area contributed by atoms with E-state index >= 15 is 0 Å². The Morgan fingerprint density at radius 2 is 1.71 bits per heavy atom. The molecule has 0 fully saturated rings. The number of non-ortho nitro benzene ring substituents is 1. The van der Waals surface area contributed by atoms with Crippen LogP contribution in [0.1, 0.15) is 15.9 Å². The summed E-state index contributed by atoms with van der Waals surface area (Å²) >= 11 is 12.0. The van der Waals surface area contributed by atoms with E-state index in [2.05, 4.69) is 0 Å². The monoisotopic (exact) mass is 321 g/mol. The number of halogens is 2. The van der Waals surface area contributed by atoms with E-state index in [1.54, 1.807) is 18.2 Å². The van der Waals surface area contributed by atoms with Gasteiger partial charge in [-0.3, -0.25) is 14.9 Å². The molecule has 0 N–H and O–H groups in total. The highest BCUT2D eigenvalue weighted by molar-refractivity contribution is 6.37. The number of benzene rings is 2. The topological polar surface area (TPSA) is 60.2 Å². The van der Waals surface area contributed by atoms with Crippen LogP contribution in [0.15, 0.2) is 48.5 Å². The second-order valence-corrected chi connectivity index (χ2v) is 4.95. The number of hydrogen-bond donors (Lipinski definition) is 0. The highest BCUT2D eigenvalue weighted by Crippen LogP contribution is 2.25. The Morgan fingerprint density at radius 1 is 1.10 bits per heavy atom. The maximum Gasteiger partial charge on any atom is 0.270 e. The van der Waals surface area contributed by atoms with Gasteiger partial charge < -0.3 is 0 Å². The summed E-state index contributed by atoms with van der Waals surface area (Å²) in [6.07, 6.45) is 2.78. The maximum absolute atomic E-state index is 12.0. The summed E-state index contributed by atoms with van der Waals surface area (Å²) in [7, 11) is 0. The predicted molar refractivity (Wildman–Crippen MR) is 82.9 cm³/mol. The van der Waals surface area contributed by atoms with Crippen molar-refractivity contribution >= 4 is 40.7 Å². The average Bonchev–Trinajstić information content (AvgIpc) is 2.46. The first kappa shape index (κ1) is 15.2. The molecule has 0 saturated heterocycles. The van der Waals surface area contributed by atoms with Gasteiger partial charge in [-0.25, -0.2) is 0 Å². The third-order valence-corrected chi connectivity index (χ3v) is 3.40. The third kappa shape index (κ3) is 3.68. The molecule has 0 radical (unpaired) electrons. The number of rotatable bonds is 4. The van der Waals surface area contributed by atoms with E-state index in [0.717, 1.165) is 0 Å². The van der Waals surface area contributed by atoms with Crippen molar-refractivity contribution in [3.8, 4) is 0 Å². The molecule has 0 amide bonds. The molecule has 0 aliphatic carbocycles. The van der Waals surface area contributed by atoms with Crippen molar-refractivity contribution < 1.29 is 9.72 Å². The zero-order valence-corrected chi connectivity index (χ0v) is 12.1. The second kappa shape index (κ2) is 6.52. The molecule has 21 heavy (non-hydrogen) atoms. The number of nitrogens with zero attached hydrogens (tertiary/aromatic N) is 1. The Bertz CT molecular complexity index is 721. The first-order valence-corrected chi connectivity index (χ1v) is 6.65. The van der Waals surface area contributed by atoms with Gasteiger partial charge in [-0.15, -0.1) is 0 Å². The molecule has 0 aromatic heterocycles. The van der Waals surface area contributed by atoms with E-state index < -0.39 is 4.92 Å². The SMILES string of the molecule is O=C(/C=C/c1c(Cl)cccc1Cl)c1cccc([N+](=O)[O-])c1. The van der Waals surface area contributed by atoms with E-state index in [9.17, 15) is 14.9 Å². The van der Waals surface area contributed by atoms with Crippen LogP contribution in [0.3, 0.4) is 0 Å². The minimum absolute atomic E-state index is 0.134. The first-order valence-electron chi connectivity index (χ1n) is 5.90. The van der Waals surface area contributed by atoms with E-state index in [-0.39, 0.29) is 17.0 Å². The van der Waals surface area contributed by atoms with Crippen LogP contribution in [-0.4, -0.2) is 10.7 Å².